The molecule has 0 saturated heterocycles. The largest absolute Gasteiger partial charge is 0.294 e. The zero-order chi connectivity index (χ0) is 17.2. The van der Waals surface area contributed by atoms with E-state index in [2.05, 4.69) is 14.9 Å². The molecule has 0 aliphatic carbocycles. The van der Waals surface area contributed by atoms with Gasteiger partial charge in [-0.05, 0) is 25.3 Å². The first kappa shape index (κ1) is 16.3. The molecule has 25 heavy (non-hydrogen) atoms. The van der Waals surface area contributed by atoms with Gasteiger partial charge in [-0.3, -0.25) is 9.89 Å². The highest BCUT2D eigenvalue weighted by molar-refractivity contribution is 5.97. The van der Waals surface area contributed by atoms with Crippen molar-refractivity contribution in [1.29, 1.82) is 0 Å². The smallest absolute Gasteiger partial charge is 0.173 e. The van der Waals surface area contributed by atoms with Crippen LogP contribution in [0.15, 0.2) is 29.4 Å². The summed E-state index contributed by atoms with van der Waals surface area (Å²) in [4.78, 5) is 15.8. The fourth-order valence-electron chi connectivity index (χ4n) is 3.44. The van der Waals surface area contributed by atoms with E-state index < -0.39 is 11.6 Å². The van der Waals surface area contributed by atoms with Crippen LogP contribution in [0.4, 0.5) is 8.78 Å². The molecule has 0 fully saturated rings. The summed E-state index contributed by atoms with van der Waals surface area (Å²) in [7, 11) is 0. The van der Waals surface area contributed by atoms with E-state index in [1.54, 1.807) is 12.1 Å². The summed E-state index contributed by atoms with van der Waals surface area (Å²) in [5.41, 5.74) is 3.51. The van der Waals surface area contributed by atoms with Crippen molar-refractivity contribution in [3.8, 4) is 0 Å². The number of hydrogen-bond acceptors (Lipinski definition) is 4. The van der Waals surface area contributed by atoms with Gasteiger partial charge in [-0.1, -0.05) is 12.1 Å². The maximum Gasteiger partial charge on any atom is 0.173 e. The molecule has 0 bridgehead atoms. The first-order valence-corrected chi connectivity index (χ1v) is 8.74. The molecule has 130 valence electrons. The Morgan fingerprint density at radius 1 is 1.12 bits per heavy atom. The molecule has 0 unspecified atom stereocenters. The zero-order valence-corrected chi connectivity index (χ0v) is 14.0. The van der Waals surface area contributed by atoms with Crippen LogP contribution in [-0.4, -0.2) is 33.7 Å². The quantitative estimate of drug-likeness (QED) is 0.859. The molecule has 3 heterocycles. The number of nitrogens with zero attached hydrogens (tertiary/aromatic N) is 4. The molecule has 0 atom stereocenters. The molecule has 2 aliphatic heterocycles. The average Bonchev–Trinajstić information content (AvgIpc) is 2.66. The Morgan fingerprint density at radius 3 is 2.88 bits per heavy atom. The maximum absolute atomic E-state index is 13.9. The molecular weight excluding hydrogens is 322 g/mol. The van der Waals surface area contributed by atoms with E-state index in [9.17, 15) is 8.78 Å². The lowest BCUT2D eigenvalue weighted by atomic mass is 10.0. The number of fused-ring (bicyclic) bond motifs is 1. The van der Waals surface area contributed by atoms with E-state index in [1.807, 2.05) is 6.20 Å². The molecule has 2 aromatic rings. The van der Waals surface area contributed by atoms with Gasteiger partial charge in [-0.25, -0.2) is 18.7 Å². The van der Waals surface area contributed by atoms with Crippen LogP contribution < -0.4 is 0 Å². The zero-order valence-electron chi connectivity index (χ0n) is 14.0. The number of aromatic nitrogens is 2. The Hall–Kier alpha value is -2.21. The fourth-order valence-corrected chi connectivity index (χ4v) is 3.44. The second kappa shape index (κ2) is 6.96. The van der Waals surface area contributed by atoms with Crippen LogP contribution in [0.5, 0.6) is 0 Å². The molecule has 0 saturated carbocycles. The topological polar surface area (TPSA) is 41.4 Å². The average molecular weight is 342 g/mol. The number of halogens is 2. The summed E-state index contributed by atoms with van der Waals surface area (Å²) in [6.45, 7) is 2.67. The lowest BCUT2D eigenvalue weighted by Gasteiger charge is -2.28. The monoisotopic (exact) mass is 342 g/mol. The van der Waals surface area contributed by atoms with Gasteiger partial charge >= 0.3 is 0 Å². The third kappa shape index (κ3) is 3.44. The molecule has 4 nitrogen and oxygen atoms in total. The third-order valence-electron chi connectivity index (χ3n) is 4.82. The first-order valence-electron chi connectivity index (χ1n) is 8.74. The van der Waals surface area contributed by atoms with E-state index in [-0.39, 0.29) is 0 Å². The normalized spacial score (nSPS) is 17.9. The summed E-state index contributed by atoms with van der Waals surface area (Å²) < 4.78 is 27.2. The van der Waals surface area contributed by atoms with E-state index in [0.29, 0.717) is 18.7 Å². The summed E-state index contributed by atoms with van der Waals surface area (Å²) in [5.74, 6) is -0.797. The second-order valence-corrected chi connectivity index (χ2v) is 6.62. The molecule has 1 aromatic heterocycles. The summed E-state index contributed by atoms with van der Waals surface area (Å²) >= 11 is 0. The van der Waals surface area contributed by atoms with E-state index in [4.69, 9.17) is 4.98 Å². The van der Waals surface area contributed by atoms with Crippen LogP contribution in [-0.2, 0) is 19.5 Å². The highest BCUT2D eigenvalue weighted by atomic mass is 19.2. The predicted octanol–water partition coefficient (Wildman–Crippen LogP) is 3.29. The van der Waals surface area contributed by atoms with Gasteiger partial charge in [0.1, 0.15) is 0 Å². The minimum Gasteiger partial charge on any atom is -0.294 e. The van der Waals surface area contributed by atoms with Crippen molar-refractivity contribution < 1.29 is 8.78 Å². The third-order valence-corrected chi connectivity index (χ3v) is 4.82. The molecule has 0 radical (unpaired) electrons. The fraction of sp³-hybridized carbons (Fsp3) is 0.421. The van der Waals surface area contributed by atoms with Gasteiger partial charge < -0.3 is 0 Å². The lowest BCUT2D eigenvalue weighted by molar-refractivity contribution is 0.238. The van der Waals surface area contributed by atoms with Gasteiger partial charge in [-0.2, -0.15) is 0 Å². The first-order chi connectivity index (χ1) is 12.2. The van der Waals surface area contributed by atoms with Crippen molar-refractivity contribution in [3.63, 3.8) is 0 Å². The number of hydrogen-bond donors (Lipinski definition) is 0. The minimum absolute atomic E-state index is 0.386. The van der Waals surface area contributed by atoms with Crippen LogP contribution in [0, 0.1) is 11.6 Å². The molecule has 2 aliphatic rings. The maximum atomic E-state index is 13.9. The standard InChI is InChI=1S/C19H20F2N4/c20-15-5-3-4-13(18(15)21)11-25-9-7-16-14(12-25)10-23-19(24-16)17-6-1-2-8-22-17/h3-5,10H,1-2,6-9,11-12H2. The van der Waals surface area contributed by atoms with E-state index in [1.165, 1.54) is 0 Å². The van der Waals surface area contributed by atoms with Crippen LogP contribution in [0.1, 0.15) is 41.9 Å². The minimum atomic E-state index is -0.795. The molecule has 0 amide bonds. The van der Waals surface area contributed by atoms with E-state index in [0.717, 1.165) is 67.6 Å². The van der Waals surface area contributed by atoms with Crippen molar-refractivity contribution in [2.75, 3.05) is 13.1 Å². The summed E-state index contributed by atoms with van der Waals surface area (Å²) in [6.07, 6.45) is 5.88. The predicted molar refractivity (Wildman–Crippen MR) is 91.5 cm³/mol. The van der Waals surface area contributed by atoms with Crippen LogP contribution in [0.2, 0.25) is 0 Å². The van der Waals surface area contributed by atoms with E-state index >= 15 is 0 Å². The van der Waals surface area contributed by atoms with Gasteiger partial charge in [0.05, 0.1) is 11.4 Å². The Bertz CT molecular complexity index is 819. The summed E-state index contributed by atoms with van der Waals surface area (Å²) in [6, 6.07) is 4.33. The second-order valence-electron chi connectivity index (χ2n) is 6.62. The molecular formula is C19H20F2N4. The van der Waals surface area contributed by atoms with Crippen LogP contribution in [0.3, 0.4) is 0 Å². The molecule has 0 N–H and O–H groups in total. The molecule has 6 heteroatoms. The highest BCUT2D eigenvalue weighted by Gasteiger charge is 2.21. The van der Waals surface area contributed by atoms with Gasteiger partial charge in [0.25, 0.3) is 0 Å². The molecule has 4 rings (SSSR count). The van der Waals surface area contributed by atoms with Crippen LogP contribution in [0.25, 0.3) is 0 Å². The molecule has 0 spiro atoms. The number of rotatable bonds is 3. The van der Waals surface area contributed by atoms with Crippen molar-refractivity contribution in [3.05, 3.63) is 58.7 Å². The van der Waals surface area contributed by atoms with Crippen molar-refractivity contribution in [2.45, 2.75) is 38.8 Å². The highest BCUT2D eigenvalue weighted by Crippen LogP contribution is 2.21. The Morgan fingerprint density at radius 2 is 2.04 bits per heavy atom. The SMILES string of the molecule is Fc1cccc(CN2CCc3nc(C4=NCCCC4)ncc3C2)c1F. The van der Waals surface area contributed by atoms with Gasteiger partial charge in [0.15, 0.2) is 17.5 Å². The Balaban J connectivity index is 1.50. The van der Waals surface area contributed by atoms with Crippen molar-refractivity contribution >= 4 is 5.71 Å². The lowest BCUT2D eigenvalue weighted by Crippen LogP contribution is -2.31. The number of benzene rings is 1. The molecule has 1 aromatic carbocycles. The van der Waals surface area contributed by atoms with Gasteiger partial charge in [0, 0.05) is 49.9 Å². The van der Waals surface area contributed by atoms with Crippen molar-refractivity contribution in [2.24, 2.45) is 4.99 Å². The summed E-state index contributed by atoms with van der Waals surface area (Å²) in [5, 5.41) is 0. The Kier molecular flexibility index (Phi) is 4.53. The van der Waals surface area contributed by atoms with Crippen molar-refractivity contribution in [1.82, 2.24) is 14.9 Å². The van der Waals surface area contributed by atoms with Crippen LogP contribution >= 0.6 is 0 Å². The Labute approximate surface area is 145 Å². The number of aliphatic imine (C=N–C) groups is 1. The van der Waals surface area contributed by atoms with Gasteiger partial charge in [0.2, 0.25) is 0 Å². The van der Waals surface area contributed by atoms with Gasteiger partial charge in [-0.15, -0.1) is 0 Å².